The highest BCUT2D eigenvalue weighted by Gasteiger charge is 2.14. The average molecular weight is 293 g/mol. The summed E-state index contributed by atoms with van der Waals surface area (Å²) in [6.45, 7) is 2.32. The fourth-order valence-corrected chi connectivity index (χ4v) is 2.75. The molecule has 3 nitrogen and oxygen atoms in total. The summed E-state index contributed by atoms with van der Waals surface area (Å²) in [4.78, 5) is 15.6. The lowest BCUT2D eigenvalue weighted by Gasteiger charge is -2.16. The van der Waals surface area contributed by atoms with Crippen LogP contribution in [0.3, 0.4) is 0 Å². The zero-order valence-corrected chi connectivity index (χ0v) is 12.5. The van der Waals surface area contributed by atoms with Crippen molar-refractivity contribution in [2.45, 2.75) is 13.5 Å². The fourth-order valence-electron chi connectivity index (χ4n) is 1.89. The molecule has 0 aliphatic carbocycles. The summed E-state index contributed by atoms with van der Waals surface area (Å²) in [5, 5.41) is 0. The first-order valence-electron chi connectivity index (χ1n) is 6.15. The van der Waals surface area contributed by atoms with Gasteiger partial charge in [0.2, 0.25) is 0 Å². The molecule has 106 valence electrons. The van der Waals surface area contributed by atoms with Gasteiger partial charge in [-0.05, 0) is 36.8 Å². The number of rotatable bonds is 4. The van der Waals surface area contributed by atoms with E-state index in [1.54, 1.807) is 24.1 Å². The number of benzene rings is 1. The number of hydrogen-bond acceptors (Lipinski definition) is 3. The zero-order valence-electron chi connectivity index (χ0n) is 11.6. The molecule has 1 aromatic heterocycles. The molecule has 2 rings (SSSR count). The summed E-state index contributed by atoms with van der Waals surface area (Å²) >= 11 is 1.46. The lowest BCUT2D eigenvalue weighted by atomic mass is 10.2. The molecule has 0 atom stereocenters. The number of halogens is 1. The van der Waals surface area contributed by atoms with Gasteiger partial charge in [0.25, 0.3) is 5.91 Å². The van der Waals surface area contributed by atoms with Crippen LogP contribution in [0.2, 0.25) is 0 Å². The van der Waals surface area contributed by atoms with E-state index in [-0.39, 0.29) is 11.7 Å². The van der Waals surface area contributed by atoms with Crippen LogP contribution in [0.4, 0.5) is 4.39 Å². The highest BCUT2D eigenvalue weighted by molar-refractivity contribution is 7.13. The molecule has 1 heterocycles. The van der Waals surface area contributed by atoms with Crippen molar-refractivity contribution in [3.63, 3.8) is 0 Å². The predicted molar refractivity (Wildman–Crippen MR) is 77.8 cm³/mol. The normalized spacial score (nSPS) is 10.4. The summed E-state index contributed by atoms with van der Waals surface area (Å²) in [6, 6.07) is 8.44. The van der Waals surface area contributed by atoms with Crippen LogP contribution in [-0.2, 0) is 6.54 Å². The van der Waals surface area contributed by atoms with Crippen molar-refractivity contribution >= 4 is 17.2 Å². The molecule has 0 unspecified atom stereocenters. The molecule has 0 aliphatic rings. The lowest BCUT2D eigenvalue weighted by Crippen LogP contribution is -2.25. The Morgan fingerprint density at radius 2 is 2.10 bits per heavy atom. The molecule has 0 N–H and O–H groups in total. The Morgan fingerprint density at radius 1 is 1.35 bits per heavy atom. The van der Waals surface area contributed by atoms with E-state index in [4.69, 9.17) is 4.74 Å². The van der Waals surface area contributed by atoms with Gasteiger partial charge >= 0.3 is 0 Å². The molecule has 1 aromatic carbocycles. The standard InChI is InChI=1S/C15H16FNO2S/c1-10-4-7-14(20-10)15(18)17(2)9-11-5-6-13(19-3)12(16)8-11/h4-8H,9H2,1-3H3. The molecule has 5 heteroatoms. The maximum Gasteiger partial charge on any atom is 0.263 e. The topological polar surface area (TPSA) is 29.5 Å². The van der Waals surface area contributed by atoms with E-state index in [1.807, 2.05) is 19.1 Å². The van der Waals surface area contributed by atoms with Crippen LogP contribution in [0.15, 0.2) is 30.3 Å². The Hall–Kier alpha value is -1.88. The third-order valence-corrected chi connectivity index (χ3v) is 3.92. The third-order valence-electron chi connectivity index (χ3n) is 2.93. The summed E-state index contributed by atoms with van der Waals surface area (Å²) in [7, 11) is 3.13. The number of nitrogens with zero attached hydrogens (tertiary/aromatic N) is 1. The number of amides is 1. The van der Waals surface area contributed by atoms with Crippen molar-refractivity contribution in [3.05, 3.63) is 51.5 Å². The largest absolute Gasteiger partial charge is 0.494 e. The molecule has 0 bridgehead atoms. The Labute approximate surface area is 121 Å². The first-order valence-corrected chi connectivity index (χ1v) is 6.97. The zero-order chi connectivity index (χ0) is 14.7. The van der Waals surface area contributed by atoms with Gasteiger partial charge in [-0.25, -0.2) is 4.39 Å². The van der Waals surface area contributed by atoms with Crippen molar-refractivity contribution in [2.75, 3.05) is 14.2 Å². The van der Waals surface area contributed by atoms with E-state index in [0.29, 0.717) is 11.4 Å². The molecule has 1 amide bonds. The number of carbonyl (C=O) groups excluding carboxylic acids is 1. The first-order chi connectivity index (χ1) is 9.51. The summed E-state index contributed by atoms with van der Waals surface area (Å²) in [5.74, 6) is -0.270. The molecule has 20 heavy (non-hydrogen) atoms. The monoisotopic (exact) mass is 293 g/mol. The number of ether oxygens (including phenoxy) is 1. The van der Waals surface area contributed by atoms with Crippen molar-refractivity contribution in [1.29, 1.82) is 0 Å². The Kier molecular flexibility index (Phi) is 4.39. The molecule has 0 saturated heterocycles. The van der Waals surface area contributed by atoms with E-state index >= 15 is 0 Å². The van der Waals surface area contributed by atoms with Crippen LogP contribution in [0.5, 0.6) is 5.75 Å². The van der Waals surface area contributed by atoms with Crippen molar-refractivity contribution in [2.24, 2.45) is 0 Å². The molecule has 0 spiro atoms. The third kappa shape index (κ3) is 3.17. The van der Waals surface area contributed by atoms with Gasteiger partial charge in [0.05, 0.1) is 12.0 Å². The lowest BCUT2D eigenvalue weighted by molar-refractivity contribution is 0.0789. The van der Waals surface area contributed by atoms with Crippen molar-refractivity contribution in [1.82, 2.24) is 4.90 Å². The van der Waals surface area contributed by atoms with E-state index < -0.39 is 5.82 Å². The van der Waals surface area contributed by atoms with Crippen LogP contribution in [0.25, 0.3) is 0 Å². The number of carbonyl (C=O) groups is 1. The summed E-state index contributed by atoms with van der Waals surface area (Å²) < 4.78 is 18.5. The van der Waals surface area contributed by atoms with Gasteiger partial charge in [-0.1, -0.05) is 6.07 Å². The fraction of sp³-hybridized carbons (Fsp3) is 0.267. The molecule has 0 radical (unpaired) electrons. The van der Waals surface area contributed by atoms with Crippen LogP contribution in [-0.4, -0.2) is 25.0 Å². The summed E-state index contributed by atoms with van der Waals surface area (Å²) in [6.07, 6.45) is 0. The highest BCUT2D eigenvalue weighted by Crippen LogP contribution is 2.20. The van der Waals surface area contributed by atoms with E-state index in [1.165, 1.54) is 24.5 Å². The van der Waals surface area contributed by atoms with E-state index in [9.17, 15) is 9.18 Å². The number of methoxy groups -OCH3 is 1. The SMILES string of the molecule is COc1ccc(CN(C)C(=O)c2ccc(C)s2)cc1F. The number of hydrogen-bond donors (Lipinski definition) is 0. The average Bonchev–Trinajstić information content (AvgIpc) is 2.84. The van der Waals surface area contributed by atoms with Crippen LogP contribution >= 0.6 is 11.3 Å². The number of thiophene rings is 1. The molecular weight excluding hydrogens is 277 g/mol. The van der Waals surface area contributed by atoms with Gasteiger partial charge < -0.3 is 9.64 Å². The quantitative estimate of drug-likeness (QED) is 0.864. The molecule has 2 aromatic rings. The Bertz CT molecular complexity index is 624. The van der Waals surface area contributed by atoms with Crippen LogP contribution < -0.4 is 4.74 Å². The van der Waals surface area contributed by atoms with Gasteiger partial charge in [0, 0.05) is 18.5 Å². The van der Waals surface area contributed by atoms with Crippen LogP contribution in [0.1, 0.15) is 20.1 Å². The maximum atomic E-state index is 13.6. The second-order valence-corrected chi connectivity index (χ2v) is 5.83. The van der Waals surface area contributed by atoms with Gasteiger partial charge in [-0.3, -0.25) is 4.79 Å². The minimum atomic E-state index is -0.419. The van der Waals surface area contributed by atoms with Gasteiger partial charge in [-0.2, -0.15) is 0 Å². The van der Waals surface area contributed by atoms with Crippen molar-refractivity contribution < 1.29 is 13.9 Å². The Balaban J connectivity index is 2.09. The van der Waals surface area contributed by atoms with Gasteiger partial charge in [0.1, 0.15) is 0 Å². The molecule has 0 fully saturated rings. The maximum absolute atomic E-state index is 13.6. The van der Waals surface area contributed by atoms with Crippen molar-refractivity contribution in [3.8, 4) is 5.75 Å². The van der Waals surface area contributed by atoms with E-state index in [2.05, 4.69) is 0 Å². The second kappa shape index (κ2) is 6.05. The van der Waals surface area contributed by atoms with Crippen LogP contribution in [0, 0.1) is 12.7 Å². The molecule has 0 saturated carbocycles. The molecule has 0 aliphatic heterocycles. The second-order valence-electron chi connectivity index (χ2n) is 4.54. The first kappa shape index (κ1) is 14.5. The highest BCUT2D eigenvalue weighted by atomic mass is 32.1. The Morgan fingerprint density at radius 3 is 2.65 bits per heavy atom. The minimum absolute atomic E-state index is 0.0562. The van der Waals surface area contributed by atoms with Gasteiger partial charge in [-0.15, -0.1) is 11.3 Å². The van der Waals surface area contributed by atoms with Gasteiger partial charge in [0.15, 0.2) is 11.6 Å². The van der Waals surface area contributed by atoms with E-state index in [0.717, 1.165) is 10.4 Å². The molecular formula is C15H16FNO2S. The predicted octanol–water partition coefficient (Wildman–Crippen LogP) is 3.48. The summed E-state index contributed by atoms with van der Waals surface area (Å²) in [5.41, 5.74) is 0.729. The minimum Gasteiger partial charge on any atom is -0.494 e. The smallest absolute Gasteiger partial charge is 0.263 e. The number of aryl methyl sites for hydroxylation is 1.